The van der Waals surface area contributed by atoms with Gasteiger partial charge in [0.15, 0.2) is 0 Å². The van der Waals surface area contributed by atoms with E-state index in [0.717, 1.165) is 11.3 Å². The van der Waals surface area contributed by atoms with Crippen LogP contribution in [0.15, 0.2) is 48.5 Å². The van der Waals surface area contributed by atoms with E-state index in [1.807, 2.05) is 0 Å². The van der Waals surface area contributed by atoms with E-state index in [0.29, 0.717) is 16.4 Å². The molecule has 3 aromatic rings. The number of nitrogens with zero attached hydrogens (tertiary/aromatic N) is 3. The number of carbonyl (C=O) groups excluding carboxylic acids is 2. The van der Waals surface area contributed by atoms with Crippen LogP contribution in [0.4, 0.5) is 0 Å². The number of esters is 1. The number of aryl methyl sites for hydroxylation is 1. The van der Waals surface area contributed by atoms with E-state index in [1.54, 1.807) is 60.1 Å². The quantitative estimate of drug-likeness (QED) is 0.683. The van der Waals surface area contributed by atoms with E-state index in [-0.39, 0.29) is 18.3 Å². The van der Waals surface area contributed by atoms with Crippen LogP contribution in [-0.2, 0) is 11.3 Å². The van der Waals surface area contributed by atoms with Crippen LogP contribution in [-0.4, -0.2) is 33.8 Å². The van der Waals surface area contributed by atoms with Crippen molar-refractivity contribution in [1.82, 2.24) is 20.1 Å². The minimum Gasteiger partial charge on any atom is -0.465 e. The van der Waals surface area contributed by atoms with Crippen molar-refractivity contribution in [1.29, 1.82) is 0 Å². The molecule has 1 N–H and O–H groups in total. The summed E-state index contributed by atoms with van der Waals surface area (Å²) in [4.78, 5) is 28.0. The van der Waals surface area contributed by atoms with Gasteiger partial charge in [-0.25, -0.2) is 14.5 Å². The molecule has 0 aliphatic rings. The summed E-state index contributed by atoms with van der Waals surface area (Å²) in [5.41, 5.74) is 2.05. The van der Waals surface area contributed by atoms with Crippen molar-refractivity contribution < 1.29 is 14.3 Å². The van der Waals surface area contributed by atoms with E-state index in [1.165, 1.54) is 7.11 Å². The van der Waals surface area contributed by atoms with E-state index in [4.69, 9.17) is 11.6 Å². The number of halogens is 1. The lowest BCUT2D eigenvalue weighted by atomic mass is 10.1. The number of hydrogen-bond donors (Lipinski definition) is 1. The molecule has 0 atom stereocenters. The molecule has 0 saturated heterocycles. The molecule has 0 fully saturated rings. The number of aromatic nitrogens is 3. The third kappa shape index (κ3) is 4.32. The summed E-state index contributed by atoms with van der Waals surface area (Å²) in [5, 5.41) is 7.64. The molecule has 1 amide bonds. The van der Waals surface area contributed by atoms with Crippen LogP contribution in [0.3, 0.4) is 0 Å². The van der Waals surface area contributed by atoms with Gasteiger partial charge in [0.2, 0.25) is 5.82 Å². The fourth-order valence-electron chi connectivity index (χ4n) is 2.45. The minimum absolute atomic E-state index is 0.0774. The molecule has 8 heteroatoms. The maximum atomic E-state index is 12.3. The standard InChI is InChI=1S/C19H17ClN4O3/c1-12-22-17(23-24(12)16-9-7-15(20)8-10-16)18(25)21-11-13-3-5-14(6-4-13)19(26)27-2/h3-10H,11H2,1-2H3,(H,21,25). The monoisotopic (exact) mass is 384 g/mol. The molecule has 27 heavy (non-hydrogen) atoms. The molecule has 1 aromatic heterocycles. The molecule has 3 rings (SSSR count). The molecule has 0 aliphatic carbocycles. The molecule has 0 spiro atoms. The molecule has 0 aliphatic heterocycles. The Hall–Kier alpha value is -3.19. The topological polar surface area (TPSA) is 86.1 Å². The molecule has 0 radical (unpaired) electrons. The van der Waals surface area contributed by atoms with Crippen LogP contribution in [0.1, 0.15) is 32.4 Å². The molecule has 0 unspecified atom stereocenters. The SMILES string of the molecule is COC(=O)c1ccc(CNC(=O)c2nc(C)n(-c3ccc(Cl)cc3)n2)cc1. The molecule has 7 nitrogen and oxygen atoms in total. The second kappa shape index (κ2) is 8.01. The number of ether oxygens (including phenoxy) is 1. The number of carbonyl (C=O) groups is 2. The summed E-state index contributed by atoms with van der Waals surface area (Å²) in [7, 11) is 1.33. The van der Waals surface area contributed by atoms with Crippen molar-refractivity contribution >= 4 is 23.5 Å². The number of methoxy groups -OCH3 is 1. The van der Waals surface area contributed by atoms with Crippen molar-refractivity contribution in [2.45, 2.75) is 13.5 Å². The largest absolute Gasteiger partial charge is 0.465 e. The van der Waals surface area contributed by atoms with Crippen LogP contribution in [0.5, 0.6) is 0 Å². The summed E-state index contributed by atoms with van der Waals surface area (Å²) >= 11 is 5.89. The Bertz CT molecular complexity index is 966. The third-order valence-corrected chi connectivity index (χ3v) is 4.12. The highest BCUT2D eigenvalue weighted by molar-refractivity contribution is 6.30. The molecular weight excluding hydrogens is 368 g/mol. The Balaban J connectivity index is 1.67. The summed E-state index contributed by atoms with van der Waals surface area (Å²) in [6.45, 7) is 2.05. The van der Waals surface area contributed by atoms with Crippen molar-refractivity contribution in [3.8, 4) is 5.69 Å². The van der Waals surface area contributed by atoms with Gasteiger partial charge >= 0.3 is 5.97 Å². The van der Waals surface area contributed by atoms with Gasteiger partial charge in [0.25, 0.3) is 5.91 Å². The average molecular weight is 385 g/mol. The van der Waals surface area contributed by atoms with Crippen LogP contribution in [0.25, 0.3) is 5.69 Å². The molecule has 138 valence electrons. The predicted molar refractivity (Wildman–Crippen MR) is 100 cm³/mol. The van der Waals surface area contributed by atoms with E-state index in [2.05, 4.69) is 20.1 Å². The fraction of sp³-hybridized carbons (Fsp3) is 0.158. The van der Waals surface area contributed by atoms with Gasteiger partial charge in [-0.1, -0.05) is 23.7 Å². The van der Waals surface area contributed by atoms with Gasteiger partial charge in [0.05, 0.1) is 18.4 Å². The van der Waals surface area contributed by atoms with Gasteiger partial charge in [0.1, 0.15) is 5.82 Å². The van der Waals surface area contributed by atoms with Gasteiger partial charge in [-0.05, 0) is 48.9 Å². The second-order valence-corrected chi connectivity index (χ2v) is 6.18. The van der Waals surface area contributed by atoms with Gasteiger partial charge < -0.3 is 10.1 Å². The van der Waals surface area contributed by atoms with Gasteiger partial charge in [-0.15, -0.1) is 5.10 Å². The Kier molecular flexibility index (Phi) is 5.52. The van der Waals surface area contributed by atoms with Crippen molar-refractivity contribution in [3.05, 3.63) is 76.3 Å². The number of nitrogens with one attached hydrogen (secondary N) is 1. The zero-order valence-corrected chi connectivity index (χ0v) is 15.5. The Morgan fingerprint density at radius 1 is 1.11 bits per heavy atom. The van der Waals surface area contributed by atoms with Gasteiger partial charge in [0, 0.05) is 11.6 Å². The van der Waals surface area contributed by atoms with Crippen LogP contribution in [0.2, 0.25) is 5.02 Å². The van der Waals surface area contributed by atoms with Gasteiger partial charge in [-0.3, -0.25) is 4.79 Å². The van der Waals surface area contributed by atoms with E-state index < -0.39 is 5.97 Å². The van der Waals surface area contributed by atoms with E-state index in [9.17, 15) is 9.59 Å². The first-order chi connectivity index (χ1) is 13.0. The average Bonchev–Trinajstić information content (AvgIpc) is 3.08. The lowest BCUT2D eigenvalue weighted by Crippen LogP contribution is -2.24. The van der Waals surface area contributed by atoms with Crippen LogP contribution in [0, 0.1) is 6.92 Å². The van der Waals surface area contributed by atoms with Gasteiger partial charge in [-0.2, -0.15) is 0 Å². The molecular formula is C19H17ClN4O3. The first-order valence-electron chi connectivity index (χ1n) is 8.13. The van der Waals surface area contributed by atoms with Crippen LogP contribution >= 0.6 is 11.6 Å². The van der Waals surface area contributed by atoms with E-state index >= 15 is 0 Å². The predicted octanol–water partition coefficient (Wildman–Crippen LogP) is 2.95. The number of benzene rings is 2. The number of rotatable bonds is 5. The molecule has 2 aromatic carbocycles. The molecule has 0 bridgehead atoms. The van der Waals surface area contributed by atoms with Crippen molar-refractivity contribution in [3.63, 3.8) is 0 Å². The number of amides is 1. The highest BCUT2D eigenvalue weighted by Crippen LogP contribution is 2.14. The second-order valence-electron chi connectivity index (χ2n) is 5.74. The maximum Gasteiger partial charge on any atom is 0.337 e. The Morgan fingerprint density at radius 3 is 2.41 bits per heavy atom. The fourth-order valence-corrected chi connectivity index (χ4v) is 2.58. The zero-order chi connectivity index (χ0) is 19.4. The lowest BCUT2D eigenvalue weighted by Gasteiger charge is -2.04. The lowest BCUT2D eigenvalue weighted by molar-refractivity contribution is 0.0600. The Morgan fingerprint density at radius 2 is 1.78 bits per heavy atom. The smallest absolute Gasteiger partial charge is 0.337 e. The van der Waals surface area contributed by atoms with Crippen molar-refractivity contribution in [2.75, 3.05) is 7.11 Å². The zero-order valence-electron chi connectivity index (χ0n) is 14.8. The molecule has 0 saturated carbocycles. The van der Waals surface area contributed by atoms with Crippen molar-refractivity contribution in [2.24, 2.45) is 0 Å². The summed E-state index contributed by atoms with van der Waals surface area (Å²) in [6.07, 6.45) is 0. The third-order valence-electron chi connectivity index (χ3n) is 3.87. The first-order valence-corrected chi connectivity index (χ1v) is 8.51. The maximum absolute atomic E-state index is 12.3. The molecule has 1 heterocycles. The first kappa shape index (κ1) is 18.6. The Labute approximate surface area is 160 Å². The highest BCUT2D eigenvalue weighted by Gasteiger charge is 2.15. The summed E-state index contributed by atoms with van der Waals surface area (Å²) < 4.78 is 6.23. The highest BCUT2D eigenvalue weighted by atomic mass is 35.5. The minimum atomic E-state index is -0.405. The van der Waals surface area contributed by atoms with Crippen LogP contribution < -0.4 is 5.32 Å². The summed E-state index contributed by atoms with van der Waals surface area (Å²) in [6, 6.07) is 13.9. The number of hydrogen-bond acceptors (Lipinski definition) is 5. The normalized spacial score (nSPS) is 10.5. The summed E-state index contributed by atoms with van der Waals surface area (Å²) in [5.74, 6) is -0.126.